The van der Waals surface area contributed by atoms with Gasteiger partial charge >= 0.3 is 0 Å². The second kappa shape index (κ2) is 10.0. The van der Waals surface area contributed by atoms with E-state index in [1.165, 1.54) is 54.9 Å². The molecule has 0 aliphatic carbocycles. The fourth-order valence-corrected chi connectivity index (χ4v) is 5.80. The van der Waals surface area contributed by atoms with Gasteiger partial charge in [0.25, 0.3) is 0 Å². The zero-order chi connectivity index (χ0) is 26.9. The number of hydrogen-bond donors (Lipinski definition) is 0. The van der Waals surface area contributed by atoms with Crippen LogP contribution in [0.3, 0.4) is 0 Å². The van der Waals surface area contributed by atoms with Crippen molar-refractivity contribution in [3.05, 3.63) is 157 Å². The van der Waals surface area contributed by atoms with Gasteiger partial charge < -0.3 is 0 Å². The van der Waals surface area contributed by atoms with Crippen molar-refractivity contribution in [3.8, 4) is 50.6 Å². The van der Waals surface area contributed by atoms with Crippen LogP contribution in [-0.4, -0.2) is 0 Å². The SMILES string of the molecule is N#Cc1ccc(-c2ccc(-c3c4ccccc4c(-c4cccc(-c5ccccc5)c4)c4ccccc34)cc2)cc1. The Labute approximate surface area is 234 Å². The molecule has 7 rings (SSSR count). The maximum absolute atomic E-state index is 9.14. The first kappa shape index (κ1) is 23.7. The number of hydrogen-bond acceptors (Lipinski definition) is 1. The van der Waals surface area contributed by atoms with Crippen LogP contribution in [0.15, 0.2) is 152 Å². The van der Waals surface area contributed by atoms with E-state index in [0.717, 1.165) is 11.1 Å². The minimum atomic E-state index is 0.674. The summed E-state index contributed by atoms with van der Waals surface area (Å²) in [5.41, 5.74) is 10.3. The van der Waals surface area contributed by atoms with Crippen molar-refractivity contribution in [2.24, 2.45) is 0 Å². The summed E-state index contributed by atoms with van der Waals surface area (Å²) < 4.78 is 0. The molecule has 0 aromatic heterocycles. The summed E-state index contributed by atoms with van der Waals surface area (Å²) in [5, 5.41) is 14.1. The van der Waals surface area contributed by atoms with Crippen molar-refractivity contribution in [2.75, 3.05) is 0 Å². The maximum atomic E-state index is 9.14. The Bertz CT molecular complexity index is 1970. The second-order valence-corrected chi connectivity index (χ2v) is 10.1. The van der Waals surface area contributed by atoms with Gasteiger partial charge in [-0.1, -0.05) is 133 Å². The molecular formula is C39H25N. The van der Waals surface area contributed by atoms with Gasteiger partial charge in [0.2, 0.25) is 0 Å². The van der Waals surface area contributed by atoms with Crippen LogP contribution in [0.5, 0.6) is 0 Å². The fraction of sp³-hybridized carbons (Fsp3) is 0. The van der Waals surface area contributed by atoms with E-state index in [9.17, 15) is 0 Å². The molecule has 0 saturated carbocycles. The zero-order valence-corrected chi connectivity index (χ0v) is 21.9. The number of benzene rings is 7. The van der Waals surface area contributed by atoms with Gasteiger partial charge in [-0.15, -0.1) is 0 Å². The van der Waals surface area contributed by atoms with Gasteiger partial charge in [0.1, 0.15) is 0 Å². The standard InChI is InChI=1S/C39H25N/c40-26-27-17-19-29(20-18-27)30-21-23-31(24-22-30)38-34-13-4-6-15-36(34)39(37-16-7-5-14-35(37)38)33-12-8-11-32(25-33)28-9-2-1-3-10-28/h1-25H. The van der Waals surface area contributed by atoms with Crippen LogP contribution in [0.1, 0.15) is 5.56 Å². The maximum Gasteiger partial charge on any atom is 0.0991 e. The van der Waals surface area contributed by atoms with Crippen LogP contribution in [0, 0.1) is 11.3 Å². The molecule has 7 aromatic carbocycles. The highest BCUT2D eigenvalue weighted by molar-refractivity contribution is 6.21. The average molecular weight is 508 g/mol. The van der Waals surface area contributed by atoms with Crippen molar-refractivity contribution in [2.45, 2.75) is 0 Å². The van der Waals surface area contributed by atoms with E-state index < -0.39 is 0 Å². The van der Waals surface area contributed by atoms with Crippen molar-refractivity contribution in [3.63, 3.8) is 0 Å². The van der Waals surface area contributed by atoms with Crippen LogP contribution in [0.2, 0.25) is 0 Å². The van der Waals surface area contributed by atoms with E-state index in [0.29, 0.717) is 5.56 Å². The smallest absolute Gasteiger partial charge is 0.0991 e. The Hall–Kier alpha value is -5.45. The molecule has 0 radical (unpaired) electrons. The summed E-state index contributed by atoms with van der Waals surface area (Å²) in [6.07, 6.45) is 0. The molecule has 0 atom stereocenters. The van der Waals surface area contributed by atoms with Gasteiger partial charge in [-0.25, -0.2) is 0 Å². The number of rotatable bonds is 4. The predicted molar refractivity (Wildman–Crippen MR) is 168 cm³/mol. The first-order valence-electron chi connectivity index (χ1n) is 13.5. The highest BCUT2D eigenvalue weighted by Crippen LogP contribution is 2.44. The first-order valence-corrected chi connectivity index (χ1v) is 13.5. The Morgan fingerprint density at radius 3 is 1.27 bits per heavy atom. The molecule has 0 unspecified atom stereocenters. The molecule has 1 nitrogen and oxygen atoms in total. The molecule has 7 aromatic rings. The molecule has 0 saturated heterocycles. The van der Waals surface area contributed by atoms with E-state index in [4.69, 9.17) is 5.26 Å². The number of nitrogens with zero attached hydrogens (tertiary/aromatic N) is 1. The molecule has 0 spiro atoms. The van der Waals surface area contributed by atoms with Gasteiger partial charge in [0.05, 0.1) is 11.6 Å². The van der Waals surface area contributed by atoms with Gasteiger partial charge in [-0.3, -0.25) is 0 Å². The van der Waals surface area contributed by atoms with E-state index in [1.54, 1.807) is 0 Å². The molecule has 0 N–H and O–H groups in total. The monoisotopic (exact) mass is 507 g/mol. The molecule has 0 fully saturated rings. The molecule has 0 bridgehead atoms. The van der Waals surface area contributed by atoms with Crippen molar-refractivity contribution in [1.82, 2.24) is 0 Å². The first-order chi connectivity index (χ1) is 19.8. The predicted octanol–water partition coefficient (Wildman–Crippen LogP) is 10.5. The second-order valence-electron chi connectivity index (χ2n) is 10.1. The molecular weight excluding hydrogens is 482 g/mol. The average Bonchev–Trinajstić information content (AvgIpc) is 3.04. The molecule has 0 aliphatic heterocycles. The lowest BCUT2D eigenvalue weighted by molar-refractivity contribution is 1.48. The highest BCUT2D eigenvalue weighted by atomic mass is 14.2. The van der Waals surface area contributed by atoms with E-state index in [-0.39, 0.29) is 0 Å². The molecule has 0 heterocycles. The van der Waals surface area contributed by atoms with Gasteiger partial charge in [-0.2, -0.15) is 5.26 Å². The lowest BCUT2D eigenvalue weighted by Crippen LogP contribution is -1.91. The Balaban J connectivity index is 1.43. The van der Waals surface area contributed by atoms with Gasteiger partial charge in [0.15, 0.2) is 0 Å². The Kier molecular flexibility index (Phi) is 5.93. The third-order valence-electron chi connectivity index (χ3n) is 7.71. The lowest BCUT2D eigenvalue weighted by Gasteiger charge is -2.18. The lowest BCUT2D eigenvalue weighted by atomic mass is 9.85. The summed E-state index contributed by atoms with van der Waals surface area (Å²) in [4.78, 5) is 0. The summed E-state index contributed by atoms with van der Waals surface area (Å²) in [5.74, 6) is 0. The number of fused-ring (bicyclic) bond motifs is 2. The van der Waals surface area contributed by atoms with Crippen LogP contribution in [0.4, 0.5) is 0 Å². The normalized spacial score (nSPS) is 11.0. The van der Waals surface area contributed by atoms with Crippen molar-refractivity contribution >= 4 is 21.5 Å². The van der Waals surface area contributed by atoms with Crippen LogP contribution in [0.25, 0.3) is 66.1 Å². The molecule has 1 heteroatoms. The quantitative estimate of drug-likeness (QED) is 0.217. The summed E-state index contributed by atoms with van der Waals surface area (Å²) in [6, 6.07) is 55.8. The van der Waals surface area contributed by atoms with Crippen LogP contribution >= 0.6 is 0 Å². The summed E-state index contributed by atoms with van der Waals surface area (Å²) in [6.45, 7) is 0. The van der Waals surface area contributed by atoms with Crippen molar-refractivity contribution < 1.29 is 0 Å². The molecule has 186 valence electrons. The van der Waals surface area contributed by atoms with Crippen LogP contribution in [-0.2, 0) is 0 Å². The van der Waals surface area contributed by atoms with Crippen LogP contribution < -0.4 is 0 Å². The van der Waals surface area contributed by atoms with Gasteiger partial charge in [0, 0.05) is 0 Å². The third-order valence-corrected chi connectivity index (χ3v) is 7.71. The molecule has 40 heavy (non-hydrogen) atoms. The highest BCUT2D eigenvalue weighted by Gasteiger charge is 2.17. The summed E-state index contributed by atoms with van der Waals surface area (Å²) >= 11 is 0. The van der Waals surface area contributed by atoms with E-state index >= 15 is 0 Å². The minimum Gasteiger partial charge on any atom is -0.192 e. The largest absolute Gasteiger partial charge is 0.192 e. The summed E-state index contributed by atoms with van der Waals surface area (Å²) in [7, 11) is 0. The Morgan fingerprint density at radius 2 is 0.725 bits per heavy atom. The zero-order valence-electron chi connectivity index (χ0n) is 21.9. The molecule has 0 amide bonds. The van der Waals surface area contributed by atoms with E-state index in [2.05, 4.69) is 133 Å². The Morgan fingerprint density at radius 1 is 0.325 bits per heavy atom. The van der Waals surface area contributed by atoms with Gasteiger partial charge in [-0.05, 0) is 84.3 Å². The third kappa shape index (κ3) is 4.13. The topological polar surface area (TPSA) is 23.8 Å². The fourth-order valence-electron chi connectivity index (χ4n) is 5.80. The number of nitriles is 1. The molecule has 0 aliphatic rings. The minimum absolute atomic E-state index is 0.674. The van der Waals surface area contributed by atoms with E-state index in [1.807, 2.05) is 24.3 Å². The van der Waals surface area contributed by atoms with Crippen molar-refractivity contribution in [1.29, 1.82) is 5.26 Å².